The number of fused-ring (bicyclic) bond motifs is 4. The smallest absolute Gasteiger partial charge is 0.340 e. The Bertz CT molecular complexity index is 3350. The monoisotopic (exact) mass is 1100 g/mol. The van der Waals surface area contributed by atoms with Crippen molar-refractivity contribution in [2.45, 2.75) is 84.5 Å². The molecule has 18 N–H and O–H groups in total. The van der Waals surface area contributed by atoms with Crippen LogP contribution in [0.5, 0.6) is 69.0 Å². The molecule has 4 aromatic carbocycles. The molecule has 1 spiro atoms. The molecule has 0 radical (unpaired) electrons. The molecule has 0 amide bonds. The molecule has 6 aliphatic heterocycles. The van der Waals surface area contributed by atoms with E-state index in [9.17, 15) is 106 Å². The van der Waals surface area contributed by atoms with Crippen molar-refractivity contribution in [3.63, 3.8) is 0 Å². The van der Waals surface area contributed by atoms with E-state index in [2.05, 4.69) is 0 Å². The Morgan fingerprint density at radius 1 is 0.590 bits per heavy atom. The molecule has 4 aromatic rings. The maximum absolute atomic E-state index is 15.9. The highest BCUT2D eigenvalue weighted by atomic mass is 16.8. The van der Waals surface area contributed by atoms with Crippen LogP contribution >= 0.6 is 0 Å². The van der Waals surface area contributed by atoms with Gasteiger partial charge in [-0.05, 0) is 30.3 Å². The first kappa shape index (κ1) is 51.5. The fraction of sp³-hybridized carbons (Fsp3) is 0.370. The third-order valence-corrected chi connectivity index (χ3v) is 14.7. The SMILES string of the molecule is O=C(O[C@@H]1O[C@@H]2COC(=O)c3cc(O)c(O)c(O)c3-c3c(cc(O)c(O)c3O)C(=O)O[C@@H]3[C@H]1OC(=O)c1cc(O)c(O)c4c1C1C5(C[C@]6(O)OC[C@@H](O)[C@@H]6O[C@@H]5C(O)(O)C(O)(O)[C@]1(O)O4)C(=O)O[C@@H]32)c1cc(O)c(O)c(O)c1. The molecule has 4 fully saturated rings. The van der Waals surface area contributed by atoms with Gasteiger partial charge in [-0.3, -0.25) is 4.79 Å². The molecular weight excluding hydrogens is 1060 g/mol. The number of phenolic OH excluding ortho intramolecular Hbond substituents is 11. The highest BCUT2D eigenvalue weighted by Crippen LogP contribution is 2.71. The highest BCUT2D eigenvalue weighted by molar-refractivity contribution is 6.08. The van der Waals surface area contributed by atoms with Gasteiger partial charge in [0, 0.05) is 23.1 Å². The second-order valence-corrected chi connectivity index (χ2v) is 19.1. The topological polar surface area (TPSA) is 533 Å². The van der Waals surface area contributed by atoms with Gasteiger partial charge in [-0.1, -0.05) is 0 Å². The van der Waals surface area contributed by atoms with Crippen LogP contribution in [-0.4, -0.2) is 207 Å². The number of esters is 5. The van der Waals surface area contributed by atoms with Crippen LogP contribution < -0.4 is 4.74 Å². The van der Waals surface area contributed by atoms with Crippen molar-refractivity contribution in [2.75, 3.05) is 13.2 Å². The standard InChI is InChI=1S/C46H38O32/c47-13-1-9(2-14(48)23(13)53)35(59)77-39-32-31-29(19(72-39)7-70-36(60)10-3-15(49)24(54)27(57)20(10)21-11(37(61)73-31)4-16(50)25(55)28(21)58)75-41(63)42-8-43(64)34(18(52)6-71-43)76-40(42)44(65,66)46(68,69)45(67)33(42)22-12(38(62)74-32)5-17(51)26(56)30(22)78-45/h1-5,18-19,29,31-34,39-40,47-58,64-69H,6-8H2/t18-,19-,29-,31+,32-,33?,34+,39+,40+,42?,43+,45-/m1/s1. The van der Waals surface area contributed by atoms with E-state index in [0.717, 1.165) is 0 Å². The summed E-state index contributed by atoms with van der Waals surface area (Å²) >= 11 is 0. The van der Waals surface area contributed by atoms with Gasteiger partial charge in [-0.25, -0.2) is 19.2 Å². The Kier molecular flexibility index (Phi) is 10.9. The largest absolute Gasteiger partial charge is 0.504 e. The van der Waals surface area contributed by atoms with Crippen LogP contribution in [0.2, 0.25) is 0 Å². The molecule has 2 unspecified atom stereocenters. The summed E-state index contributed by atoms with van der Waals surface area (Å²) in [6.45, 7) is -2.34. The van der Waals surface area contributed by atoms with Crippen LogP contribution in [0.15, 0.2) is 30.3 Å². The lowest BCUT2D eigenvalue weighted by atomic mass is 9.52. The van der Waals surface area contributed by atoms with Gasteiger partial charge in [0.05, 0.1) is 34.8 Å². The second-order valence-electron chi connectivity index (χ2n) is 19.1. The normalized spacial score (nSPS) is 32.9. The summed E-state index contributed by atoms with van der Waals surface area (Å²) in [5.41, 5.74) is -11.5. The van der Waals surface area contributed by atoms with Crippen LogP contribution in [0.1, 0.15) is 59.3 Å². The number of hydrogen-bond donors (Lipinski definition) is 18. The van der Waals surface area contributed by atoms with Crippen molar-refractivity contribution < 1.29 is 159 Å². The molecule has 7 aliphatic rings. The van der Waals surface area contributed by atoms with Crippen LogP contribution in [0.4, 0.5) is 0 Å². The third-order valence-electron chi connectivity index (χ3n) is 14.7. The van der Waals surface area contributed by atoms with E-state index in [4.69, 9.17) is 42.6 Å². The molecule has 11 rings (SSSR count). The lowest BCUT2D eigenvalue weighted by Gasteiger charge is -2.63. The zero-order chi connectivity index (χ0) is 56.6. The average molecular weight is 1100 g/mol. The van der Waals surface area contributed by atoms with Gasteiger partial charge in [0.15, 0.2) is 69.7 Å². The minimum atomic E-state index is -4.63. The number of ether oxygens (including phenoxy) is 9. The van der Waals surface area contributed by atoms with Crippen molar-refractivity contribution in [1.82, 2.24) is 0 Å². The molecule has 1 aliphatic carbocycles. The first-order valence-electron chi connectivity index (χ1n) is 22.5. The quantitative estimate of drug-likeness (QED) is 0.0398. The fourth-order valence-electron chi connectivity index (χ4n) is 11.1. The van der Waals surface area contributed by atoms with Crippen LogP contribution in [0.25, 0.3) is 11.1 Å². The lowest BCUT2D eigenvalue weighted by molar-refractivity contribution is -0.508. The van der Waals surface area contributed by atoms with Crippen molar-refractivity contribution in [3.8, 4) is 80.1 Å². The molecule has 414 valence electrons. The molecule has 1 saturated carbocycles. The van der Waals surface area contributed by atoms with Crippen molar-refractivity contribution in [1.29, 1.82) is 0 Å². The molecule has 4 bridgehead atoms. The minimum Gasteiger partial charge on any atom is -0.504 e. The summed E-state index contributed by atoms with van der Waals surface area (Å²) in [7, 11) is 0. The summed E-state index contributed by atoms with van der Waals surface area (Å²) in [4.78, 5) is 74.3. The second kappa shape index (κ2) is 16.5. The van der Waals surface area contributed by atoms with Gasteiger partial charge in [0.2, 0.25) is 29.6 Å². The summed E-state index contributed by atoms with van der Waals surface area (Å²) in [6, 6.07) is 2.08. The van der Waals surface area contributed by atoms with Gasteiger partial charge < -0.3 is 135 Å². The van der Waals surface area contributed by atoms with Gasteiger partial charge >= 0.3 is 29.8 Å². The van der Waals surface area contributed by atoms with Gasteiger partial charge in [-0.15, -0.1) is 0 Å². The van der Waals surface area contributed by atoms with Gasteiger partial charge in [0.25, 0.3) is 17.4 Å². The number of aliphatic hydroxyl groups is 7. The number of carbonyl (C=O) groups excluding carboxylic acids is 5. The van der Waals surface area contributed by atoms with Crippen molar-refractivity contribution in [3.05, 3.63) is 58.1 Å². The Hall–Kier alpha value is -8.57. The number of hydrogen-bond acceptors (Lipinski definition) is 32. The maximum atomic E-state index is 15.9. The number of benzene rings is 4. The van der Waals surface area contributed by atoms with E-state index in [1.807, 2.05) is 0 Å². The Balaban J connectivity index is 1.19. The number of phenols is 11. The van der Waals surface area contributed by atoms with E-state index < -0.39 is 241 Å². The van der Waals surface area contributed by atoms with E-state index >= 15 is 9.59 Å². The third kappa shape index (κ3) is 6.66. The molecular formula is C46H38O32. The van der Waals surface area contributed by atoms with E-state index in [0.29, 0.717) is 30.3 Å². The number of cyclic esters (lactones) is 1. The van der Waals surface area contributed by atoms with Crippen LogP contribution in [0.3, 0.4) is 0 Å². The van der Waals surface area contributed by atoms with Crippen LogP contribution in [-0.2, 0) is 42.7 Å². The Morgan fingerprint density at radius 3 is 1.74 bits per heavy atom. The zero-order valence-electron chi connectivity index (χ0n) is 38.5. The first-order valence-corrected chi connectivity index (χ1v) is 22.5. The Labute approximate surface area is 429 Å². The molecule has 32 nitrogen and oxygen atoms in total. The average Bonchev–Trinajstić information content (AvgIpc) is 3.63. The number of aliphatic hydroxyl groups excluding tert-OH is 1. The molecule has 6 heterocycles. The Morgan fingerprint density at radius 2 is 1.13 bits per heavy atom. The van der Waals surface area contributed by atoms with E-state index in [1.165, 1.54) is 0 Å². The summed E-state index contributed by atoms with van der Waals surface area (Å²) in [5.74, 6) is -45.3. The maximum Gasteiger partial charge on any atom is 0.340 e. The van der Waals surface area contributed by atoms with Crippen molar-refractivity contribution in [2.24, 2.45) is 5.41 Å². The molecule has 78 heavy (non-hydrogen) atoms. The number of aromatic hydroxyl groups is 11. The lowest BCUT2D eigenvalue weighted by Crippen LogP contribution is -2.86. The minimum absolute atomic E-state index is 0.311. The predicted molar refractivity (Wildman–Crippen MR) is 231 cm³/mol. The molecule has 3 saturated heterocycles. The van der Waals surface area contributed by atoms with Crippen molar-refractivity contribution >= 4 is 29.8 Å². The summed E-state index contributed by atoms with van der Waals surface area (Å²) in [5, 5.41) is 201. The fourth-order valence-corrected chi connectivity index (χ4v) is 11.1. The summed E-state index contributed by atoms with van der Waals surface area (Å²) in [6.07, 6.45) is -22.2. The summed E-state index contributed by atoms with van der Waals surface area (Å²) < 4.78 is 51.2. The van der Waals surface area contributed by atoms with E-state index in [-0.39, 0.29) is 0 Å². The first-order chi connectivity index (χ1) is 36.4. The zero-order valence-corrected chi connectivity index (χ0v) is 38.5. The highest BCUT2D eigenvalue weighted by Gasteiger charge is 2.88. The predicted octanol–water partition coefficient (Wildman–Crippen LogP) is -3.69. The van der Waals surface area contributed by atoms with E-state index in [1.54, 1.807) is 0 Å². The molecule has 0 aromatic heterocycles. The van der Waals surface area contributed by atoms with Gasteiger partial charge in [-0.2, -0.15) is 0 Å². The molecule has 12 atom stereocenters. The van der Waals surface area contributed by atoms with Crippen LogP contribution in [0, 0.1) is 5.41 Å². The molecule has 32 heteroatoms. The number of carbonyl (C=O) groups is 5. The number of rotatable bonds is 2. The van der Waals surface area contributed by atoms with Gasteiger partial charge in [0.1, 0.15) is 36.4 Å².